The number of pyridine rings is 1. The number of anilines is 1. The Hall–Kier alpha value is -3.61. The lowest BCUT2D eigenvalue weighted by Crippen LogP contribution is -2.13. The topological polar surface area (TPSA) is 85.6 Å². The molecule has 1 aliphatic carbocycles. The van der Waals surface area contributed by atoms with Crippen LogP contribution in [-0.2, 0) is 0 Å². The minimum absolute atomic E-state index is 0.149. The van der Waals surface area contributed by atoms with Gasteiger partial charge in [0, 0.05) is 22.7 Å². The summed E-state index contributed by atoms with van der Waals surface area (Å²) < 4.78 is 1.54. The second-order valence-electron chi connectivity index (χ2n) is 6.64. The molecule has 2 heterocycles. The molecule has 0 aliphatic heterocycles. The minimum Gasteiger partial charge on any atom is -0.322 e. The van der Waals surface area contributed by atoms with E-state index in [1.54, 1.807) is 4.68 Å². The number of hydrogen-bond acceptors (Lipinski definition) is 5. The van der Waals surface area contributed by atoms with Crippen LogP contribution in [0.5, 0.6) is 0 Å². The van der Waals surface area contributed by atoms with Gasteiger partial charge in [0.1, 0.15) is 6.33 Å². The highest BCUT2D eigenvalue weighted by molar-refractivity contribution is 6.12. The van der Waals surface area contributed by atoms with Crippen LogP contribution in [0.25, 0.3) is 16.6 Å². The third kappa shape index (κ3) is 3.03. The maximum atomic E-state index is 13.0. The molecule has 27 heavy (non-hydrogen) atoms. The summed E-state index contributed by atoms with van der Waals surface area (Å²) in [6.07, 6.45) is 3.79. The second kappa shape index (κ2) is 6.28. The number of hydrogen-bond donors (Lipinski definition) is 1. The molecular formula is C20H16N6O. The summed E-state index contributed by atoms with van der Waals surface area (Å²) in [5, 5.41) is 15.0. The van der Waals surface area contributed by atoms with E-state index in [9.17, 15) is 4.79 Å². The molecule has 0 atom stereocenters. The summed E-state index contributed by atoms with van der Waals surface area (Å²) in [5.41, 5.74) is 3.96. The standard InChI is InChI=1S/C20H16N6O/c27-20(22-14-4-3-5-15(10-14)26-12-21-24-25-26)17-11-19(13-8-9-13)23-18-7-2-1-6-16(17)18/h1-7,10-13H,8-9H2,(H,22,27). The van der Waals surface area contributed by atoms with Crippen LogP contribution in [0, 0.1) is 0 Å². The highest BCUT2D eigenvalue weighted by atomic mass is 16.1. The first-order chi connectivity index (χ1) is 13.3. The first kappa shape index (κ1) is 15.6. The fourth-order valence-corrected chi connectivity index (χ4v) is 3.18. The van der Waals surface area contributed by atoms with Crippen LogP contribution in [0.2, 0.25) is 0 Å². The van der Waals surface area contributed by atoms with Crippen LogP contribution in [0.15, 0.2) is 60.9 Å². The smallest absolute Gasteiger partial charge is 0.256 e. The van der Waals surface area contributed by atoms with E-state index in [4.69, 9.17) is 4.98 Å². The van der Waals surface area contributed by atoms with Crippen molar-refractivity contribution in [2.24, 2.45) is 0 Å². The molecule has 2 aromatic heterocycles. The van der Waals surface area contributed by atoms with Gasteiger partial charge >= 0.3 is 0 Å². The second-order valence-corrected chi connectivity index (χ2v) is 6.64. The Kier molecular flexibility index (Phi) is 3.64. The van der Waals surface area contributed by atoms with Crippen LogP contribution in [0.4, 0.5) is 5.69 Å². The fraction of sp³-hybridized carbons (Fsp3) is 0.150. The molecular weight excluding hydrogens is 340 g/mol. The zero-order valence-electron chi connectivity index (χ0n) is 14.4. The van der Waals surface area contributed by atoms with Gasteiger partial charge in [-0.2, -0.15) is 0 Å². The molecule has 0 bridgehead atoms. The number of benzene rings is 2. The maximum absolute atomic E-state index is 13.0. The summed E-state index contributed by atoms with van der Waals surface area (Å²) in [7, 11) is 0. The fourth-order valence-electron chi connectivity index (χ4n) is 3.18. The SMILES string of the molecule is O=C(Nc1cccc(-n2cnnn2)c1)c1cc(C2CC2)nc2ccccc12. The quantitative estimate of drug-likeness (QED) is 0.606. The highest BCUT2D eigenvalue weighted by Crippen LogP contribution is 2.40. The first-order valence-electron chi connectivity index (χ1n) is 8.82. The van der Waals surface area contributed by atoms with E-state index >= 15 is 0 Å². The van der Waals surface area contributed by atoms with E-state index in [1.807, 2.05) is 54.6 Å². The van der Waals surface area contributed by atoms with Crippen LogP contribution in [0.3, 0.4) is 0 Å². The molecule has 7 nitrogen and oxygen atoms in total. The molecule has 0 radical (unpaired) electrons. The van der Waals surface area contributed by atoms with E-state index in [0.717, 1.165) is 35.1 Å². The molecule has 7 heteroatoms. The average Bonchev–Trinajstić information content (AvgIpc) is 3.41. The summed E-state index contributed by atoms with van der Waals surface area (Å²) in [6.45, 7) is 0. The number of amides is 1. The molecule has 5 rings (SSSR count). The first-order valence-corrected chi connectivity index (χ1v) is 8.82. The monoisotopic (exact) mass is 356 g/mol. The number of nitrogens with zero attached hydrogens (tertiary/aromatic N) is 5. The number of para-hydroxylation sites is 1. The molecule has 0 spiro atoms. The van der Waals surface area contributed by atoms with Crippen molar-refractivity contribution in [3.63, 3.8) is 0 Å². The Labute approximate surface area is 155 Å². The normalized spacial score (nSPS) is 13.6. The molecule has 1 N–H and O–H groups in total. The van der Waals surface area contributed by atoms with E-state index < -0.39 is 0 Å². The Morgan fingerprint density at radius 3 is 2.78 bits per heavy atom. The maximum Gasteiger partial charge on any atom is 0.256 e. The van der Waals surface area contributed by atoms with Crippen molar-refractivity contribution in [3.05, 3.63) is 72.2 Å². The number of aromatic nitrogens is 5. The zero-order chi connectivity index (χ0) is 18.2. The largest absolute Gasteiger partial charge is 0.322 e. The lowest BCUT2D eigenvalue weighted by atomic mass is 10.1. The lowest BCUT2D eigenvalue weighted by Gasteiger charge is -2.11. The number of rotatable bonds is 4. The van der Waals surface area contributed by atoms with Gasteiger partial charge in [-0.1, -0.05) is 24.3 Å². The van der Waals surface area contributed by atoms with E-state index in [0.29, 0.717) is 17.2 Å². The van der Waals surface area contributed by atoms with Gasteiger partial charge in [-0.15, -0.1) is 5.10 Å². The summed E-state index contributed by atoms with van der Waals surface area (Å²) in [4.78, 5) is 17.8. The van der Waals surface area contributed by atoms with Crippen molar-refractivity contribution in [1.82, 2.24) is 25.2 Å². The van der Waals surface area contributed by atoms with E-state index in [-0.39, 0.29) is 5.91 Å². The van der Waals surface area contributed by atoms with Gasteiger partial charge in [0.05, 0.1) is 16.8 Å². The minimum atomic E-state index is -0.149. The molecule has 132 valence electrons. The van der Waals surface area contributed by atoms with Gasteiger partial charge in [0.2, 0.25) is 0 Å². The molecule has 0 saturated heterocycles. The number of nitrogens with one attached hydrogen (secondary N) is 1. The van der Waals surface area contributed by atoms with Crippen molar-refractivity contribution in [1.29, 1.82) is 0 Å². The Balaban J connectivity index is 1.50. The molecule has 1 saturated carbocycles. The molecule has 1 aliphatic rings. The molecule has 4 aromatic rings. The number of carbonyl (C=O) groups is 1. The predicted molar refractivity (Wildman–Crippen MR) is 101 cm³/mol. The number of fused-ring (bicyclic) bond motifs is 1. The number of tetrazole rings is 1. The van der Waals surface area contributed by atoms with E-state index in [2.05, 4.69) is 20.8 Å². The van der Waals surface area contributed by atoms with Gasteiger partial charge in [-0.3, -0.25) is 9.78 Å². The molecule has 0 unspecified atom stereocenters. The lowest BCUT2D eigenvalue weighted by molar-refractivity contribution is 0.102. The van der Waals surface area contributed by atoms with Gasteiger partial charge in [-0.05, 0) is 53.6 Å². The van der Waals surface area contributed by atoms with Crippen LogP contribution in [-0.4, -0.2) is 31.1 Å². The highest BCUT2D eigenvalue weighted by Gasteiger charge is 2.27. The van der Waals surface area contributed by atoms with Crippen LogP contribution >= 0.6 is 0 Å². The molecule has 1 amide bonds. The number of carbonyl (C=O) groups excluding carboxylic acids is 1. The average molecular weight is 356 g/mol. The summed E-state index contributed by atoms with van der Waals surface area (Å²) in [5.74, 6) is 0.327. The third-order valence-electron chi connectivity index (χ3n) is 4.69. The molecule has 2 aromatic carbocycles. The predicted octanol–water partition coefficient (Wildman–Crippen LogP) is 3.34. The Bertz CT molecular complexity index is 1130. The molecule has 1 fully saturated rings. The van der Waals surface area contributed by atoms with Gasteiger partial charge in [0.25, 0.3) is 5.91 Å². The van der Waals surface area contributed by atoms with Crippen LogP contribution in [0.1, 0.15) is 34.8 Å². The van der Waals surface area contributed by atoms with Gasteiger partial charge < -0.3 is 5.32 Å². The summed E-state index contributed by atoms with van der Waals surface area (Å²) >= 11 is 0. The third-order valence-corrected chi connectivity index (χ3v) is 4.69. The summed E-state index contributed by atoms with van der Waals surface area (Å²) in [6, 6.07) is 17.1. The van der Waals surface area contributed by atoms with E-state index in [1.165, 1.54) is 6.33 Å². The van der Waals surface area contributed by atoms with Crippen molar-refractivity contribution in [2.75, 3.05) is 5.32 Å². The van der Waals surface area contributed by atoms with Gasteiger partial charge in [0.15, 0.2) is 0 Å². The zero-order valence-corrected chi connectivity index (χ0v) is 14.4. The Morgan fingerprint density at radius 1 is 1.07 bits per heavy atom. The Morgan fingerprint density at radius 2 is 1.96 bits per heavy atom. The van der Waals surface area contributed by atoms with Gasteiger partial charge in [-0.25, -0.2) is 4.68 Å². The van der Waals surface area contributed by atoms with Crippen molar-refractivity contribution < 1.29 is 4.79 Å². The van der Waals surface area contributed by atoms with Crippen LogP contribution < -0.4 is 5.32 Å². The van der Waals surface area contributed by atoms with Crippen molar-refractivity contribution in [3.8, 4) is 5.69 Å². The van der Waals surface area contributed by atoms with Crippen molar-refractivity contribution >= 4 is 22.5 Å². The van der Waals surface area contributed by atoms with Crippen molar-refractivity contribution in [2.45, 2.75) is 18.8 Å².